The number of thiazole rings is 1. The number of carbonyl (C=O) groups is 2. The van der Waals surface area contributed by atoms with E-state index >= 15 is 0 Å². The number of nitrogens with one attached hydrogen (secondary N) is 1. The van der Waals surface area contributed by atoms with E-state index in [1.54, 1.807) is 12.1 Å². The molecule has 1 saturated heterocycles. The molecule has 0 radical (unpaired) electrons. The molecule has 0 aliphatic carbocycles. The molecule has 1 fully saturated rings. The van der Waals surface area contributed by atoms with Crippen molar-refractivity contribution in [1.82, 2.24) is 8.87 Å². The first-order valence-corrected chi connectivity index (χ1v) is 15.0. The molecule has 0 bridgehead atoms. The lowest BCUT2D eigenvalue weighted by atomic mass is 9.99. The van der Waals surface area contributed by atoms with Gasteiger partial charge < -0.3 is 14.6 Å². The predicted octanol–water partition coefficient (Wildman–Crippen LogP) is 3.94. The maximum atomic E-state index is 13.3. The summed E-state index contributed by atoms with van der Waals surface area (Å²) in [6.45, 7) is 5.32. The van der Waals surface area contributed by atoms with Crippen LogP contribution in [0.3, 0.4) is 0 Å². The first-order chi connectivity index (χ1) is 17.2. The fraction of sp³-hybridized carbons (Fsp3) is 0.435. The van der Waals surface area contributed by atoms with E-state index in [1.165, 1.54) is 28.6 Å². The van der Waals surface area contributed by atoms with Crippen LogP contribution in [0.2, 0.25) is 4.34 Å². The lowest BCUT2D eigenvalue weighted by molar-refractivity contribution is -0.123. The molecule has 3 aromatic rings. The summed E-state index contributed by atoms with van der Waals surface area (Å²) in [5.41, 5.74) is 1.54. The summed E-state index contributed by atoms with van der Waals surface area (Å²) in [5.74, 6) is -1.06. The monoisotopic (exact) mass is 570 g/mol. The molecular formula is C23H27ClN4O5S3. The van der Waals surface area contributed by atoms with E-state index in [0.29, 0.717) is 54.0 Å². The van der Waals surface area contributed by atoms with Crippen molar-refractivity contribution >= 4 is 72.0 Å². The third kappa shape index (κ3) is 6.06. The molecule has 13 heteroatoms. The van der Waals surface area contributed by atoms with E-state index in [1.807, 2.05) is 23.6 Å². The van der Waals surface area contributed by atoms with Crippen LogP contribution in [0.1, 0.15) is 26.7 Å². The van der Waals surface area contributed by atoms with Crippen molar-refractivity contribution in [3.63, 3.8) is 0 Å². The number of amides is 2. The highest BCUT2D eigenvalue weighted by atomic mass is 35.5. The van der Waals surface area contributed by atoms with Crippen molar-refractivity contribution in [3.8, 4) is 0 Å². The Morgan fingerprint density at radius 1 is 1.25 bits per heavy atom. The van der Waals surface area contributed by atoms with Gasteiger partial charge in [-0.05, 0) is 50.1 Å². The maximum absolute atomic E-state index is 13.3. The highest BCUT2D eigenvalue weighted by Crippen LogP contribution is 2.31. The minimum Gasteiger partial charge on any atom is -0.380 e. The third-order valence-electron chi connectivity index (χ3n) is 5.75. The zero-order valence-corrected chi connectivity index (χ0v) is 23.1. The van der Waals surface area contributed by atoms with Gasteiger partial charge in [0.1, 0.15) is 4.21 Å². The van der Waals surface area contributed by atoms with Crippen LogP contribution in [0.25, 0.3) is 10.2 Å². The summed E-state index contributed by atoms with van der Waals surface area (Å²) in [6.07, 6.45) is 1.14. The molecule has 3 heterocycles. The highest BCUT2D eigenvalue weighted by molar-refractivity contribution is 7.91. The Hall–Kier alpha value is -2.09. The molecule has 36 heavy (non-hydrogen) atoms. The van der Waals surface area contributed by atoms with Gasteiger partial charge in [-0.2, -0.15) is 9.30 Å². The van der Waals surface area contributed by atoms with Crippen molar-refractivity contribution < 1.29 is 22.7 Å². The van der Waals surface area contributed by atoms with Crippen molar-refractivity contribution in [3.05, 3.63) is 39.5 Å². The minimum atomic E-state index is -3.72. The molecule has 9 nitrogen and oxygen atoms in total. The van der Waals surface area contributed by atoms with Gasteiger partial charge in [-0.3, -0.25) is 9.59 Å². The van der Waals surface area contributed by atoms with Crippen molar-refractivity contribution in [2.75, 3.05) is 31.6 Å². The second-order valence-electron chi connectivity index (χ2n) is 8.31. The van der Waals surface area contributed by atoms with E-state index in [4.69, 9.17) is 16.3 Å². The van der Waals surface area contributed by atoms with Crippen LogP contribution < -0.4 is 10.1 Å². The van der Waals surface area contributed by atoms with E-state index in [0.717, 1.165) is 21.6 Å². The number of hydrogen-bond donors (Lipinski definition) is 1. The molecule has 0 saturated carbocycles. The first kappa shape index (κ1) is 27.0. The predicted molar refractivity (Wildman–Crippen MR) is 142 cm³/mol. The number of carbonyl (C=O) groups excluding carboxylic acids is 2. The van der Waals surface area contributed by atoms with Crippen LogP contribution >= 0.6 is 34.3 Å². The van der Waals surface area contributed by atoms with E-state index < -0.39 is 15.9 Å². The molecule has 1 aromatic carbocycles. The van der Waals surface area contributed by atoms with Crippen LogP contribution in [0.15, 0.2) is 39.5 Å². The van der Waals surface area contributed by atoms with Gasteiger partial charge in [0, 0.05) is 38.9 Å². The quantitative estimate of drug-likeness (QED) is 0.412. The van der Waals surface area contributed by atoms with Crippen molar-refractivity contribution in [2.24, 2.45) is 10.9 Å². The molecule has 1 aliphatic heterocycles. The summed E-state index contributed by atoms with van der Waals surface area (Å²) in [4.78, 5) is 29.7. The highest BCUT2D eigenvalue weighted by Gasteiger charge is 2.34. The minimum absolute atomic E-state index is 0.0801. The van der Waals surface area contributed by atoms with Gasteiger partial charge in [0.2, 0.25) is 5.91 Å². The Balaban J connectivity index is 1.63. The largest absolute Gasteiger partial charge is 0.380 e. The number of anilines is 1. The van der Waals surface area contributed by atoms with Gasteiger partial charge in [-0.15, -0.1) is 11.3 Å². The summed E-state index contributed by atoms with van der Waals surface area (Å²) in [5, 5.41) is 2.77. The molecule has 1 atom stereocenters. The Morgan fingerprint density at radius 2 is 2.06 bits per heavy atom. The average molecular weight is 571 g/mol. The van der Waals surface area contributed by atoms with Gasteiger partial charge in [-0.1, -0.05) is 22.9 Å². The van der Waals surface area contributed by atoms with Gasteiger partial charge in [0.15, 0.2) is 4.80 Å². The fourth-order valence-electron chi connectivity index (χ4n) is 4.07. The second kappa shape index (κ2) is 11.5. The topological polar surface area (TPSA) is 110 Å². The number of hydrogen-bond acceptors (Lipinski definition) is 7. The lowest BCUT2D eigenvalue weighted by Gasteiger charge is -2.29. The number of benzene rings is 1. The van der Waals surface area contributed by atoms with E-state index in [9.17, 15) is 18.0 Å². The standard InChI is InChI=1S/C23H27ClN4O5S3/c1-3-33-12-11-28-18-7-6-17(25-15(2)29)13-19(18)34-23(28)26-22(30)16-5-4-10-27(14-16)36(31,32)21-9-8-20(24)35-21/h6-9,13,16H,3-5,10-12,14H2,1-2H3,(H,25,29). The SMILES string of the molecule is CCOCCn1c(=NC(=O)C2CCCN(S(=O)(=O)c3ccc(Cl)s3)C2)sc2cc(NC(C)=O)ccc21. The zero-order valence-electron chi connectivity index (χ0n) is 19.9. The number of aromatic nitrogens is 1. The zero-order chi connectivity index (χ0) is 25.9. The molecule has 1 unspecified atom stereocenters. The molecule has 2 amide bonds. The van der Waals surface area contributed by atoms with Crippen LogP contribution in [0.5, 0.6) is 0 Å². The number of fused-ring (bicyclic) bond motifs is 1. The van der Waals surface area contributed by atoms with Gasteiger partial charge >= 0.3 is 0 Å². The fourth-order valence-corrected chi connectivity index (χ4v) is 8.33. The smallest absolute Gasteiger partial charge is 0.252 e. The Morgan fingerprint density at radius 3 is 2.75 bits per heavy atom. The lowest BCUT2D eigenvalue weighted by Crippen LogP contribution is -2.42. The summed E-state index contributed by atoms with van der Waals surface area (Å²) >= 11 is 8.29. The summed E-state index contributed by atoms with van der Waals surface area (Å²) in [7, 11) is -3.72. The van der Waals surface area contributed by atoms with Crippen LogP contribution in [0.4, 0.5) is 5.69 Å². The molecule has 194 valence electrons. The molecule has 4 rings (SSSR count). The number of rotatable bonds is 8. The van der Waals surface area contributed by atoms with Crippen LogP contribution in [-0.2, 0) is 30.9 Å². The molecular weight excluding hydrogens is 544 g/mol. The summed E-state index contributed by atoms with van der Waals surface area (Å²) in [6, 6.07) is 8.59. The number of ether oxygens (including phenoxy) is 1. The van der Waals surface area contributed by atoms with Crippen LogP contribution in [-0.4, -0.2) is 55.4 Å². The number of thiophene rings is 1. The van der Waals surface area contributed by atoms with Gasteiger partial charge in [0.25, 0.3) is 15.9 Å². The number of sulfonamides is 1. The maximum Gasteiger partial charge on any atom is 0.252 e. The molecule has 2 aromatic heterocycles. The van der Waals surface area contributed by atoms with Crippen molar-refractivity contribution in [2.45, 2.75) is 37.4 Å². The van der Waals surface area contributed by atoms with E-state index in [2.05, 4.69) is 10.3 Å². The Bertz CT molecular complexity index is 1440. The Labute approximate surface area is 222 Å². The average Bonchev–Trinajstić information content (AvgIpc) is 3.42. The Kier molecular flexibility index (Phi) is 8.63. The molecule has 0 spiro atoms. The number of piperidine rings is 1. The van der Waals surface area contributed by atoms with Crippen molar-refractivity contribution in [1.29, 1.82) is 0 Å². The normalized spacial score (nSPS) is 17.5. The van der Waals surface area contributed by atoms with Gasteiger partial charge in [0.05, 0.1) is 27.1 Å². The van der Waals surface area contributed by atoms with Gasteiger partial charge in [-0.25, -0.2) is 8.42 Å². The third-order valence-corrected chi connectivity index (χ3v) is 10.4. The summed E-state index contributed by atoms with van der Waals surface area (Å²) < 4.78 is 36.3. The first-order valence-electron chi connectivity index (χ1n) is 11.5. The molecule has 1 N–H and O–H groups in total. The van der Waals surface area contributed by atoms with Crippen LogP contribution in [0, 0.1) is 5.92 Å². The number of nitrogens with zero attached hydrogens (tertiary/aromatic N) is 3. The molecule has 1 aliphatic rings. The second-order valence-corrected chi connectivity index (χ2v) is 13.2. The van der Waals surface area contributed by atoms with E-state index in [-0.39, 0.29) is 22.6 Å². The number of halogens is 1.